The van der Waals surface area contributed by atoms with Gasteiger partial charge in [0.25, 0.3) is 0 Å². The average Bonchev–Trinajstić information content (AvgIpc) is 2.78. The smallest absolute Gasteiger partial charge is 0.183 e. The van der Waals surface area contributed by atoms with Crippen LogP contribution in [0, 0.1) is 29.9 Å². The van der Waals surface area contributed by atoms with E-state index in [0.717, 1.165) is 11.3 Å². The van der Waals surface area contributed by atoms with E-state index in [-0.39, 0.29) is 11.3 Å². The first-order valence-corrected chi connectivity index (χ1v) is 5.66. The maximum Gasteiger partial charge on any atom is 0.183 e. The number of hydrogen-bond donors (Lipinski definition) is 0. The van der Waals surface area contributed by atoms with E-state index in [1.165, 1.54) is 12.1 Å². The van der Waals surface area contributed by atoms with E-state index in [9.17, 15) is 8.78 Å². The second-order valence-corrected chi connectivity index (χ2v) is 4.23. The third-order valence-electron chi connectivity index (χ3n) is 2.97. The number of rotatable bonds is 3. The monoisotopic (exact) mass is 262 g/mol. The molecule has 0 unspecified atom stereocenters. The molecule has 0 saturated carbocycles. The van der Waals surface area contributed by atoms with Crippen LogP contribution in [-0.2, 0) is 6.54 Å². The average molecular weight is 262 g/mol. The lowest BCUT2D eigenvalue weighted by molar-refractivity contribution is 0.504. The predicted octanol–water partition coefficient (Wildman–Crippen LogP) is 3.37. The Balaban J connectivity index is 2.30. The Kier molecular flexibility index (Phi) is 3.52. The van der Waals surface area contributed by atoms with Gasteiger partial charge in [-0.2, -0.15) is 5.26 Å². The van der Waals surface area contributed by atoms with E-state index < -0.39 is 11.6 Å². The minimum Gasteiger partial charge on any atom is -0.469 e. The summed E-state index contributed by atoms with van der Waals surface area (Å²) >= 11 is 0. The number of nitriles is 1. The highest BCUT2D eigenvalue weighted by atomic mass is 19.2. The second kappa shape index (κ2) is 5.11. The van der Waals surface area contributed by atoms with Crippen molar-refractivity contribution in [2.24, 2.45) is 0 Å². The van der Waals surface area contributed by atoms with Crippen LogP contribution in [-0.4, -0.2) is 7.05 Å². The molecule has 0 N–H and O–H groups in total. The number of benzene rings is 1. The Hall–Kier alpha value is -2.35. The predicted molar refractivity (Wildman–Crippen MR) is 66.6 cm³/mol. The van der Waals surface area contributed by atoms with Crippen LogP contribution in [0.15, 0.2) is 28.9 Å². The molecule has 0 fully saturated rings. The highest BCUT2D eigenvalue weighted by Crippen LogP contribution is 2.25. The Morgan fingerprint density at radius 2 is 2.00 bits per heavy atom. The van der Waals surface area contributed by atoms with Crippen LogP contribution in [0.1, 0.15) is 16.9 Å². The molecular formula is C14H12F2N2O. The molecule has 0 radical (unpaired) electrons. The lowest BCUT2D eigenvalue weighted by Crippen LogP contribution is -2.18. The summed E-state index contributed by atoms with van der Waals surface area (Å²) in [5.41, 5.74) is 0.706. The molecule has 98 valence electrons. The molecular weight excluding hydrogens is 250 g/mol. The number of anilines is 1. The molecule has 1 aromatic carbocycles. The topological polar surface area (TPSA) is 40.2 Å². The molecule has 0 amide bonds. The van der Waals surface area contributed by atoms with Crippen molar-refractivity contribution in [3.63, 3.8) is 0 Å². The number of hydrogen-bond acceptors (Lipinski definition) is 3. The Morgan fingerprint density at radius 1 is 1.26 bits per heavy atom. The first-order valence-electron chi connectivity index (χ1n) is 5.66. The van der Waals surface area contributed by atoms with E-state index in [1.807, 2.05) is 0 Å². The van der Waals surface area contributed by atoms with E-state index in [4.69, 9.17) is 9.68 Å². The van der Waals surface area contributed by atoms with Crippen molar-refractivity contribution >= 4 is 5.69 Å². The fourth-order valence-corrected chi connectivity index (χ4v) is 1.84. The van der Waals surface area contributed by atoms with Crippen molar-refractivity contribution in [3.8, 4) is 6.07 Å². The van der Waals surface area contributed by atoms with E-state index in [1.54, 1.807) is 37.3 Å². The maximum absolute atomic E-state index is 13.8. The summed E-state index contributed by atoms with van der Waals surface area (Å²) in [4.78, 5) is 1.57. The fraction of sp³-hybridized carbons (Fsp3) is 0.214. The Labute approximate surface area is 109 Å². The molecule has 2 aromatic rings. The molecule has 19 heavy (non-hydrogen) atoms. The highest BCUT2D eigenvalue weighted by molar-refractivity contribution is 5.51. The van der Waals surface area contributed by atoms with E-state index in [2.05, 4.69) is 0 Å². The van der Waals surface area contributed by atoms with Gasteiger partial charge in [-0.05, 0) is 25.1 Å². The van der Waals surface area contributed by atoms with Crippen molar-refractivity contribution in [1.82, 2.24) is 0 Å². The molecule has 1 heterocycles. The summed E-state index contributed by atoms with van der Waals surface area (Å²) in [6.07, 6.45) is 1.55. The molecule has 0 bridgehead atoms. The van der Waals surface area contributed by atoms with E-state index >= 15 is 0 Å². The van der Waals surface area contributed by atoms with Gasteiger partial charge in [0.2, 0.25) is 0 Å². The fourth-order valence-electron chi connectivity index (χ4n) is 1.84. The van der Waals surface area contributed by atoms with Gasteiger partial charge in [0.15, 0.2) is 11.6 Å². The summed E-state index contributed by atoms with van der Waals surface area (Å²) in [5, 5.41) is 8.63. The van der Waals surface area contributed by atoms with Crippen LogP contribution < -0.4 is 4.90 Å². The molecule has 1 aromatic heterocycles. The van der Waals surface area contributed by atoms with Crippen molar-refractivity contribution < 1.29 is 13.2 Å². The number of furan rings is 1. The summed E-state index contributed by atoms with van der Waals surface area (Å²) in [6, 6.07) is 6.06. The third kappa shape index (κ3) is 2.43. The van der Waals surface area contributed by atoms with Crippen LogP contribution in [0.4, 0.5) is 14.5 Å². The van der Waals surface area contributed by atoms with Crippen molar-refractivity contribution in [2.75, 3.05) is 11.9 Å². The minimum atomic E-state index is -1.12. The minimum absolute atomic E-state index is 0.108. The number of aryl methyl sites for hydroxylation is 1. The lowest BCUT2D eigenvalue weighted by atomic mass is 10.1. The zero-order valence-corrected chi connectivity index (χ0v) is 10.6. The Morgan fingerprint density at radius 3 is 2.58 bits per heavy atom. The lowest BCUT2D eigenvalue weighted by Gasteiger charge is -2.20. The van der Waals surface area contributed by atoms with Gasteiger partial charge in [-0.3, -0.25) is 0 Å². The van der Waals surface area contributed by atoms with Crippen LogP contribution in [0.2, 0.25) is 0 Å². The molecule has 0 saturated heterocycles. The SMILES string of the molecule is Cc1occc1CN(C)c1ccc(C#N)c(F)c1F. The maximum atomic E-state index is 13.8. The summed E-state index contributed by atoms with van der Waals surface area (Å²) in [5.74, 6) is -1.39. The summed E-state index contributed by atoms with van der Waals surface area (Å²) in [6.45, 7) is 2.20. The third-order valence-corrected chi connectivity index (χ3v) is 2.97. The first-order chi connectivity index (χ1) is 9.04. The normalized spacial score (nSPS) is 10.3. The van der Waals surface area contributed by atoms with Gasteiger partial charge in [0.1, 0.15) is 11.8 Å². The number of nitrogens with zero attached hydrogens (tertiary/aromatic N) is 2. The van der Waals surface area contributed by atoms with Gasteiger partial charge in [-0.1, -0.05) is 0 Å². The summed E-state index contributed by atoms with van der Waals surface area (Å²) in [7, 11) is 1.65. The molecule has 0 aliphatic carbocycles. The second-order valence-electron chi connectivity index (χ2n) is 4.23. The van der Waals surface area contributed by atoms with Crippen LogP contribution in [0.5, 0.6) is 0 Å². The molecule has 0 atom stereocenters. The van der Waals surface area contributed by atoms with Gasteiger partial charge in [0, 0.05) is 19.2 Å². The molecule has 0 spiro atoms. The molecule has 3 nitrogen and oxygen atoms in total. The van der Waals surface area contributed by atoms with Crippen molar-refractivity contribution in [3.05, 3.63) is 53.0 Å². The van der Waals surface area contributed by atoms with Gasteiger partial charge in [-0.15, -0.1) is 0 Å². The highest BCUT2D eigenvalue weighted by Gasteiger charge is 2.17. The van der Waals surface area contributed by atoms with Crippen LogP contribution >= 0.6 is 0 Å². The van der Waals surface area contributed by atoms with Crippen LogP contribution in [0.25, 0.3) is 0 Å². The van der Waals surface area contributed by atoms with Gasteiger partial charge >= 0.3 is 0 Å². The molecule has 0 aliphatic heterocycles. The van der Waals surface area contributed by atoms with Crippen LogP contribution in [0.3, 0.4) is 0 Å². The first kappa shape index (κ1) is 13.1. The zero-order chi connectivity index (χ0) is 14.0. The Bertz CT molecular complexity index is 643. The van der Waals surface area contributed by atoms with Gasteiger partial charge in [-0.25, -0.2) is 8.78 Å². The molecule has 2 rings (SSSR count). The van der Waals surface area contributed by atoms with Gasteiger partial charge < -0.3 is 9.32 Å². The molecule has 5 heteroatoms. The largest absolute Gasteiger partial charge is 0.469 e. The number of halogens is 2. The van der Waals surface area contributed by atoms with Crippen molar-refractivity contribution in [2.45, 2.75) is 13.5 Å². The zero-order valence-electron chi connectivity index (χ0n) is 10.6. The van der Waals surface area contributed by atoms with Gasteiger partial charge in [0.05, 0.1) is 17.5 Å². The van der Waals surface area contributed by atoms with Crippen molar-refractivity contribution in [1.29, 1.82) is 5.26 Å². The van der Waals surface area contributed by atoms with E-state index in [0.29, 0.717) is 6.54 Å². The quantitative estimate of drug-likeness (QED) is 0.851. The molecule has 0 aliphatic rings. The summed E-state index contributed by atoms with van der Waals surface area (Å²) < 4.78 is 32.5. The standard InChI is InChI=1S/C14H12F2N2O/c1-9-11(5-6-19-9)8-18(2)12-4-3-10(7-17)13(15)14(12)16/h3-6H,8H2,1-2H3.